The molecular formula is C19H32N2. The lowest BCUT2D eigenvalue weighted by Gasteiger charge is -2.50. The summed E-state index contributed by atoms with van der Waals surface area (Å²) in [6.07, 6.45) is 1.20. The molecule has 21 heavy (non-hydrogen) atoms. The molecular weight excluding hydrogens is 256 g/mol. The molecule has 2 unspecified atom stereocenters. The van der Waals surface area contributed by atoms with Crippen molar-refractivity contribution in [1.82, 2.24) is 10.2 Å². The van der Waals surface area contributed by atoms with Crippen LogP contribution in [0.1, 0.15) is 59.6 Å². The molecule has 1 aromatic rings. The van der Waals surface area contributed by atoms with Gasteiger partial charge in [-0.15, -0.1) is 0 Å². The highest BCUT2D eigenvalue weighted by Gasteiger charge is 2.38. The van der Waals surface area contributed by atoms with Gasteiger partial charge in [-0.25, -0.2) is 0 Å². The molecule has 0 amide bonds. The van der Waals surface area contributed by atoms with Crippen molar-refractivity contribution in [2.45, 2.75) is 65.6 Å². The topological polar surface area (TPSA) is 15.3 Å². The van der Waals surface area contributed by atoms with Crippen molar-refractivity contribution >= 4 is 0 Å². The van der Waals surface area contributed by atoms with Crippen LogP contribution in [0.15, 0.2) is 30.3 Å². The van der Waals surface area contributed by atoms with Gasteiger partial charge in [-0.05, 0) is 38.2 Å². The van der Waals surface area contributed by atoms with E-state index in [1.54, 1.807) is 0 Å². The van der Waals surface area contributed by atoms with E-state index in [2.05, 4.69) is 82.1 Å². The Hall–Kier alpha value is -0.860. The molecule has 0 aliphatic carbocycles. The third kappa shape index (κ3) is 4.31. The minimum absolute atomic E-state index is 0.203. The Morgan fingerprint density at radius 3 is 2.29 bits per heavy atom. The molecule has 2 rings (SSSR count). The van der Waals surface area contributed by atoms with Crippen LogP contribution in [0.2, 0.25) is 0 Å². The fraction of sp³-hybridized carbons (Fsp3) is 0.684. The van der Waals surface area contributed by atoms with Gasteiger partial charge in [-0.3, -0.25) is 4.90 Å². The summed E-state index contributed by atoms with van der Waals surface area (Å²) in [4.78, 5) is 2.72. The van der Waals surface area contributed by atoms with Crippen LogP contribution in [0.5, 0.6) is 0 Å². The van der Waals surface area contributed by atoms with Crippen LogP contribution < -0.4 is 5.32 Å². The molecule has 1 heterocycles. The molecule has 1 saturated heterocycles. The average Bonchev–Trinajstić information content (AvgIpc) is 2.37. The van der Waals surface area contributed by atoms with E-state index in [1.807, 2.05) is 0 Å². The van der Waals surface area contributed by atoms with Gasteiger partial charge in [0, 0.05) is 30.7 Å². The summed E-state index contributed by atoms with van der Waals surface area (Å²) in [6.45, 7) is 16.3. The number of hydrogen-bond acceptors (Lipinski definition) is 2. The van der Waals surface area contributed by atoms with Gasteiger partial charge in [0.1, 0.15) is 0 Å². The van der Waals surface area contributed by atoms with E-state index in [0.717, 1.165) is 13.1 Å². The van der Waals surface area contributed by atoms with Crippen molar-refractivity contribution in [2.24, 2.45) is 5.41 Å². The molecule has 0 aromatic heterocycles. The Balaban J connectivity index is 2.27. The lowest BCUT2D eigenvalue weighted by molar-refractivity contribution is 0.00807. The Kier molecular flexibility index (Phi) is 4.79. The lowest BCUT2D eigenvalue weighted by Crippen LogP contribution is -2.59. The molecule has 0 bridgehead atoms. The average molecular weight is 288 g/mol. The summed E-state index contributed by atoms with van der Waals surface area (Å²) in [7, 11) is 0. The minimum Gasteiger partial charge on any atom is -0.311 e. The summed E-state index contributed by atoms with van der Waals surface area (Å²) in [5.41, 5.74) is 1.98. The third-order valence-electron chi connectivity index (χ3n) is 4.43. The van der Waals surface area contributed by atoms with Crippen LogP contribution in [0.3, 0.4) is 0 Å². The number of nitrogens with one attached hydrogen (secondary N) is 1. The smallest absolute Gasteiger partial charge is 0.0478 e. The number of benzene rings is 1. The maximum Gasteiger partial charge on any atom is 0.0478 e. The number of piperazine rings is 1. The van der Waals surface area contributed by atoms with Crippen LogP contribution in [-0.4, -0.2) is 29.6 Å². The fourth-order valence-electron chi connectivity index (χ4n) is 3.95. The zero-order valence-corrected chi connectivity index (χ0v) is 14.6. The van der Waals surface area contributed by atoms with Crippen molar-refractivity contribution in [1.29, 1.82) is 0 Å². The zero-order valence-electron chi connectivity index (χ0n) is 14.6. The Labute approximate surface area is 130 Å². The van der Waals surface area contributed by atoms with E-state index in [4.69, 9.17) is 0 Å². The highest BCUT2D eigenvalue weighted by atomic mass is 15.3. The minimum atomic E-state index is 0.203. The molecule has 1 aliphatic heterocycles. The van der Waals surface area contributed by atoms with Gasteiger partial charge in [0.25, 0.3) is 0 Å². The standard InChI is InChI=1S/C19H32N2/c1-15-13-21(19(5,6)14-18(2,3)4)17(12-20-15)16-10-8-7-9-11-16/h7-11,15,17,20H,12-14H2,1-6H3. The van der Waals surface area contributed by atoms with Crippen LogP contribution in [-0.2, 0) is 0 Å². The number of rotatable bonds is 3. The zero-order chi connectivity index (χ0) is 15.7. The predicted octanol–water partition coefficient (Wildman–Crippen LogP) is 4.24. The Morgan fingerprint density at radius 2 is 1.71 bits per heavy atom. The number of nitrogens with zero attached hydrogens (tertiary/aromatic N) is 1. The predicted molar refractivity (Wildman–Crippen MR) is 91.5 cm³/mol. The SMILES string of the molecule is CC1CN(C(C)(C)CC(C)(C)C)C(c2ccccc2)CN1. The molecule has 2 nitrogen and oxygen atoms in total. The molecule has 2 heteroatoms. The van der Waals surface area contributed by atoms with Gasteiger partial charge in [0.15, 0.2) is 0 Å². The highest BCUT2D eigenvalue weighted by molar-refractivity contribution is 5.21. The molecule has 118 valence electrons. The summed E-state index contributed by atoms with van der Waals surface area (Å²) < 4.78 is 0. The second kappa shape index (κ2) is 6.10. The molecule has 1 aromatic carbocycles. The van der Waals surface area contributed by atoms with Crippen molar-refractivity contribution in [3.63, 3.8) is 0 Å². The van der Waals surface area contributed by atoms with Crippen molar-refractivity contribution < 1.29 is 0 Å². The van der Waals surface area contributed by atoms with Gasteiger partial charge < -0.3 is 5.32 Å². The molecule has 1 N–H and O–H groups in total. The van der Waals surface area contributed by atoms with Crippen molar-refractivity contribution in [3.05, 3.63) is 35.9 Å². The first-order valence-corrected chi connectivity index (χ1v) is 8.24. The Bertz CT molecular complexity index is 444. The van der Waals surface area contributed by atoms with Gasteiger partial charge in [-0.2, -0.15) is 0 Å². The van der Waals surface area contributed by atoms with Crippen LogP contribution in [0.4, 0.5) is 0 Å². The Morgan fingerprint density at radius 1 is 1.10 bits per heavy atom. The molecule has 0 spiro atoms. The lowest BCUT2D eigenvalue weighted by atomic mass is 9.79. The van der Waals surface area contributed by atoms with E-state index in [-0.39, 0.29) is 5.54 Å². The van der Waals surface area contributed by atoms with E-state index < -0.39 is 0 Å². The van der Waals surface area contributed by atoms with Crippen LogP contribution >= 0.6 is 0 Å². The fourth-order valence-corrected chi connectivity index (χ4v) is 3.95. The molecule has 2 atom stereocenters. The first-order valence-electron chi connectivity index (χ1n) is 8.24. The van der Waals surface area contributed by atoms with Gasteiger partial charge >= 0.3 is 0 Å². The molecule has 0 radical (unpaired) electrons. The van der Waals surface area contributed by atoms with Crippen molar-refractivity contribution in [2.75, 3.05) is 13.1 Å². The monoisotopic (exact) mass is 288 g/mol. The normalized spacial score (nSPS) is 25.0. The molecule has 0 saturated carbocycles. The first kappa shape index (κ1) is 16.5. The maximum absolute atomic E-state index is 3.65. The second-order valence-corrected chi connectivity index (χ2v) is 8.44. The first-order chi connectivity index (χ1) is 9.69. The van der Waals surface area contributed by atoms with E-state index in [1.165, 1.54) is 12.0 Å². The highest BCUT2D eigenvalue weighted by Crippen LogP contribution is 2.37. The second-order valence-electron chi connectivity index (χ2n) is 8.44. The maximum atomic E-state index is 3.65. The summed E-state index contributed by atoms with van der Waals surface area (Å²) in [5.74, 6) is 0. The number of hydrogen-bond donors (Lipinski definition) is 1. The van der Waals surface area contributed by atoms with Crippen molar-refractivity contribution in [3.8, 4) is 0 Å². The summed E-state index contributed by atoms with van der Waals surface area (Å²) in [5, 5.41) is 3.65. The van der Waals surface area contributed by atoms with E-state index >= 15 is 0 Å². The molecule has 1 fully saturated rings. The van der Waals surface area contributed by atoms with E-state index in [0.29, 0.717) is 17.5 Å². The van der Waals surface area contributed by atoms with Gasteiger partial charge in [0.2, 0.25) is 0 Å². The van der Waals surface area contributed by atoms with Gasteiger partial charge in [0.05, 0.1) is 0 Å². The van der Waals surface area contributed by atoms with E-state index in [9.17, 15) is 0 Å². The van der Waals surface area contributed by atoms with Gasteiger partial charge in [-0.1, -0.05) is 51.1 Å². The van der Waals surface area contributed by atoms with Crippen LogP contribution in [0.25, 0.3) is 0 Å². The largest absolute Gasteiger partial charge is 0.311 e. The summed E-state index contributed by atoms with van der Waals surface area (Å²) >= 11 is 0. The third-order valence-corrected chi connectivity index (χ3v) is 4.43. The van der Waals surface area contributed by atoms with Crippen LogP contribution in [0, 0.1) is 5.41 Å². The quantitative estimate of drug-likeness (QED) is 0.895. The molecule has 1 aliphatic rings. The summed E-state index contributed by atoms with van der Waals surface area (Å²) in [6, 6.07) is 12.0.